The molecule has 28 heavy (non-hydrogen) atoms. The van der Waals surface area contributed by atoms with Crippen LogP contribution in [0.5, 0.6) is 11.5 Å². The second kappa shape index (κ2) is 8.62. The molecule has 1 aromatic rings. The zero-order valence-electron chi connectivity index (χ0n) is 16.1. The third-order valence-corrected chi connectivity index (χ3v) is 5.15. The van der Waals surface area contributed by atoms with Gasteiger partial charge in [-0.3, -0.25) is 4.90 Å². The van der Waals surface area contributed by atoms with E-state index in [2.05, 4.69) is 4.90 Å². The van der Waals surface area contributed by atoms with Crippen molar-refractivity contribution in [3.05, 3.63) is 33.9 Å². The third kappa shape index (κ3) is 4.13. The van der Waals surface area contributed by atoms with Crippen molar-refractivity contribution in [1.29, 1.82) is 0 Å². The minimum atomic E-state index is -0.611. The minimum Gasteiger partial charge on any atom is -0.507 e. The number of hydrogen-bond donors (Lipinski definition) is 2. The molecule has 2 N–H and O–H groups in total. The number of fused-ring (bicyclic) bond motifs is 1. The van der Waals surface area contributed by atoms with Gasteiger partial charge < -0.3 is 24.4 Å². The van der Waals surface area contributed by atoms with Crippen LogP contribution in [0.25, 0.3) is 0 Å². The summed E-state index contributed by atoms with van der Waals surface area (Å²) in [5.41, 5.74) is 1.63. The summed E-state index contributed by atoms with van der Waals surface area (Å²) in [4.78, 5) is 26.1. The molecule has 0 unspecified atom stereocenters. The van der Waals surface area contributed by atoms with Crippen molar-refractivity contribution >= 4 is 11.9 Å². The number of phenolic OH excluding ortho intramolecular Hbond substituents is 2. The molecule has 152 valence electrons. The molecule has 1 fully saturated rings. The van der Waals surface area contributed by atoms with Crippen LogP contribution in [0.3, 0.4) is 0 Å². The molecule has 0 atom stereocenters. The fraction of sp³-hybridized carbons (Fsp3) is 0.500. The lowest BCUT2D eigenvalue weighted by Gasteiger charge is -2.26. The molecule has 8 nitrogen and oxygen atoms in total. The minimum absolute atomic E-state index is 0.0335. The number of ether oxygens (including phenoxy) is 3. The molecule has 2 aliphatic rings. The maximum atomic E-state index is 12.1. The lowest BCUT2D eigenvalue weighted by atomic mass is 9.95. The SMILES string of the molecule is C/C(=C\Cc1c(O)c(C)c2c(c1O)C(=O)OC2)C(=O)OCCN1CCOCC1. The van der Waals surface area contributed by atoms with E-state index in [1.807, 2.05) is 0 Å². The number of nitrogens with zero attached hydrogens (tertiary/aromatic N) is 1. The first-order chi connectivity index (χ1) is 13.4. The molecule has 0 spiro atoms. The van der Waals surface area contributed by atoms with Gasteiger partial charge in [0, 0.05) is 36.3 Å². The van der Waals surface area contributed by atoms with Crippen LogP contribution in [0, 0.1) is 6.92 Å². The molecule has 2 heterocycles. The number of aromatic hydroxyl groups is 2. The number of carbonyl (C=O) groups is 2. The zero-order chi connectivity index (χ0) is 20.3. The summed E-state index contributed by atoms with van der Waals surface area (Å²) < 4.78 is 15.5. The summed E-state index contributed by atoms with van der Waals surface area (Å²) in [5.74, 6) is -1.46. The number of hydrogen-bond acceptors (Lipinski definition) is 8. The lowest BCUT2D eigenvalue weighted by Crippen LogP contribution is -2.38. The van der Waals surface area contributed by atoms with E-state index in [1.54, 1.807) is 19.9 Å². The van der Waals surface area contributed by atoms with Crippen molar-refractivity contribution in [3.63, 3.8) is 0 Å². The molecule has 0 bridgehead atoms. The fourth-order valence-electron chi connectivity index (χ4n) is 3.31. The Morgan fingerprint density at radius 2 is 1.96 bits per heavy atom. The predicted molar refractivity (Wildman–Crippen MR) is 99.3 cm³/mol. The Hall–Kier alpha value is -2.58. The van der Waals surface area contributed by atoms with Gasteiger partial charge in [0.2, 0.25) is 0 Å². The summed E-state index contributed by atoms with van der Waals surface area (Å²) >= 11 is 0. The Balaban J connectivity index is 1.63. The Morgan fingerprint density at radius 3 is 2.68 bits per heavy atom. The van der Waals surface area contributed by atoms with Gasteiger partial charge in [0.15, 0.2) is 0 Å². The van der Waals surface area contributed by atoms with Crippen LogP contribution < -0.4 is 0 Å². The Labute approximate surface area is 163 Å². The fourth-order valence-corrected chi connectivity index (χ4v) is 3.31. The van der Waals surface area contributed by atoms with Crippen molar-refractivity contribution in [3.8, 4) is 11.5 Å². The highest BCUT2D eigenvalue weighted by Gasteiger charge is 2.31. The number of carbonyl (C=O) groups excluding carboxylic acids is 2. The first-order valence-electron chi connectivity index (χ1n) is 9.27. The molecule has 0 saturated carbocycles. The van der Waals surface area contributed by atoms with Crippen molar-refractivity contribution in [2.24, 2.45) is 0 Å². The zero-order valence-corrected chi connectivity index (χ0v) is 16.1. The normalized spacial score (nSPS) is 17.4. The predicted octanol–water partition coefficient (Wildman–Crippen LogP) is 1.44. The number of morpholine rings is 1. The van der Waals surface area contributed by atoms with E-state index in [1.165, 1.54) is 0 Å². The van der Waals surface area contributed by atoms with Crippen LogP contribution in [-0.2, 0) is 32.0 Å². The van der Waals surface area contributed by atoms with Crippen LogP contribution in [0.4, 0.5) is 0 Å². The van der Waals surface area contributed by atoms with Crippen molar-refractivity contribution in [2.45, 2.75) is 26.9 Å². The number of benzene rings is 1. The average molecular weight is 391 g/mol. The Kier molecular flexibility index (Phi) is 6.21. The molecule has 2 aliphatic heterocycles. The average Bonchev–Trinajstić information content (AvgIpc) is 3.08. The summed E-state index contributed by atoms with van der Waals surface area (Å²) in [6.45, 7) is 7.26. The molecule has 1 saturated heterocycles. The molecular formula is C20H25NO7. The highest BCUT2D eigenvalue weighted by Crippen LogP contribution is 2.41. The largest absolute Gasteiger partial charge is 0.507 e. The molecule has 8 heteroatoms. The van der Waals surface area contributed by atoms with E-state index in [-0.39, 0.29) is 42.3 Å². The molecule has 1 aromatic carbocycles. The van der Waals surface area contributed by atoms with Gasteiger partial charge in [-0.05, 0) is 25.8 Å². The molecule has 0 radical (unpaired) electrons. The van der Waals surface area contributed by atoms with E-state index in [9.17, 15) is 19.8 Å². The van der Waals surface area contributed by atoms with Crippen LogP contribution in [0.2, 0.25) is 0 Å². The number of cyclic esters (lactones) is 1. The van der Waals surface area contributed by atoms with Crippen LogP contribution in [0.1, 0.15) is 34.0 Å². The maximum absolute atomic E-state index is 12.1. The monoisotopic (exact) mass is 391 g/mol. The smallest absolute Gasteiger partial charge is 0.342 e. The van der Waals surface area contributed by atoms with Crippen LogP contribution in [-0.4, -0.2) is 66.5 Å². The molecule has 0 aliphatic carbocycles. The van der Waals surface area contributed by atoms with Gasteiger partial charge >= 0.3 is 11.9 Å². The Morgan fingerprint density at radius 1 is 1.25 bits per heavy atom. The highest BCUT2D eigenvalue weighted by molar-refractivity contribution is 5.98. The summed E-state index contributed by atoms with van der Waals surface area (Å²) in [6.07, 6.45) is 1.65. The highest BCUT2D eigenvalue weighted by atomic mass is 16.5. The van der Waals surface area contributed by atoms with Crippen molar-refractivity contribution in [1.82, 2.24) is 4.90 Å². The topological polar surface area (TPSA) is 106 Å². The summed E-state index contributed by atoms with van der Waals surface area (Å²) in [5, 5.41) is 20.8. The number of esters is 2. The second-order valence-electron chi connectivity index (χ2n) is 6.91. The van der Waals surface area contributed by atoms with E-state index in [0.29, 0.717) is 36.5 Å². The van der Waals surface area contributed by atoms with Crippen LogP contribution >= 0.6 is 0 Å². The maximum Gasteiger partial charge on any atom is 0.342 e. The van der Waals surface area contributed by atoms with Gasteiger partial charge in [0.05, 0.1) is 13.2 Å². The first-order valence-corrected chi connectivity index (χ1v) is 9.27. The van der Waals surface area contributed by atoms with Gasteiger partial charge in [-0.15, -0.1) is 0 Å². The number of rotatable bonds is 6. The number of phenols is 2. The van der Waals surface area contributed by atoms with Gasteiger partial charge in [-0.1, -0.05) is 6.08 Å². The second-order valence-corrected chi connectivity index (χ2v) is 6.91. The van der Waals surface area contributed by atoms with E-state index >= 15 is 0 Å². The standard InChI is InChI=1S/C20H25NO7/c1-12(19(24)27-10-7-21-5-8-26-9-6-21)3-4-14-17(22)13(2)15-11-28-20(25)16(15)18(14)23/h3,22-23H,4-11H2,1-2H3/b12-3+. The van der Waals surface area contributed by atoms with Gasteiger partial charge in [0.25, 0.3) is 0 Å². The van der Waals surface area contributed by atoms with E-state index in [4.69, 9.17) is 14.2 Å². The quantitative estimate of drug-likeness (QED) is 0.554. The van der Waals surface area contributed by atoms with E-state index in [0.717, 1.165) is 13.1 Å². The van der Waals surface area contributed by atoms with Gasteiger partial charge in [-0.25, -0.2) is 9.59 Å². The molecular weight excluding hydrogens is 366 g/mol. The van der Waals surface area contributed by atoms with E-state index < -0.39 is 11.9 Å². The Bertz CT molecular complexity index is 810. The third-order valence-electron chi connectivity index (χ3n) is 5.15. The summed E-state index contributed by atoms with van der Waals surface area (Å²) in [7, 11) is 0. The number of allylic oxidation sites excluding steroid dienone is 1. The summed E-state index contributed by atoms with van der Waals surface area (Å²) in [6, 6.07) is 0. The van der Waals surface area contributed by atoms with Gasteiger partial charge in [-0.2, -0.15) is 0 Å². The van der Waals surface area contributed by atoms with Gasteiger partial charge in [0.1, 0.15) is 30.3 Å². The van der Waals surface area contributed by atoms with Crippen molar-refractivity contribution in [2.75, 3.05) is 39.5 Å². The lowest BCUT2D eigenvalue weighted by molar-refractivity contribution is -0.139. The molecule has 0 aromatic heterocycles. The first kappa shape index (κ1) is 20.2. The molecule has 0 amide bonds. The van der Waals surface area contributed by atoms with Crippen molar-refractivity contribution < 1.29 is 34.0 Å². The van der Waals surface area contributed by atoms with Crippen LogP contribution in [0.15, 0.2) is 11.6 Å². The molecule has 3 rings (SSSR count).